The zero-order valence-electron chi connectivity index (χ0n) is 7.29. The van der Waals surface area contributed by atoms with Crippen molar-refractivity contribution in [1.29, 1.82) is 0 Å². The van der Waals surface area contributed by atoms with E-state index in [0.29, 0.717) is 13.1 Å². The van der Waals surface area contributed by atoms with E-state index in [9.17, 15) is 8.42 Å². The van der Waals surface area contributed by atoms with Crippen LogP contribution in [0, 0.1) is 0 Å². The highest BCUT2D eigenvalue weighted by molar-refractivity contribution is 7.90. The van der Waals surface area contributed by atoms with E-state index in [1.807, 2.05) is 0 Å². The number of hydrogen-bond donors (Lipinski definition) is 0. The molecule has 0 amide bonds. The average molecular weight is 177 g/mol. The van der Waals surface area contributed by atoms with Crippen LogP contribution in [0.25, 0.3) is 0 Å². The molecule has 0 aromatic heterocycles. The normalized spacial score (nSPS) is 21.4. The molecule has 1 fully saturated rings. The fraction of sp³-hybridized carbons (Fsp3) is 1.00. The predicted octanol–water partition coefficient (Wildman–Crippen LogP) is 0.820. The van der Waals surface area contributed by atoms with Gasteiger partial charge in [0.1, 0.15) is 0 Å². The summed E-state index contributed by atoms with van der Waals surface area (Å²) >= 11 is 0. The van der Waals surface area contributed by atoms with Crippen LogP contribution in [-0.4, -0.2) is 30.6 Å². The predicted molar refractivity (Wildman–Crippen MR) is 44.9 cm³/mol. The van der Waals surface area contributed by atoms with Gasteiger partial charge < -0.3 is 0 Å². The minimum absolute atomic E-state index is 0.632. The Kier molecular flexibility index (Phi) is 2.01. The molecule has 1 aliphatic heterocycles. The van der Waals surface area contributed by atoms with Gasteiger partial charge in [-0.25, -0.2) is 12.7 Å². The van der Waals surface area contributed by atoms with E-state index >= 15 is 0 Å². The van der Waals surface area contributed by atoms with Crippen molar-refractivity contribution in [3.05, 3.63) is 0 Å². The SMILES string of the molecule is CC(C)(C)S(=O)(=O)N1CCC1. The van der Waals surface area contributed by atoms with E-state index in [1.54, 1.807) is 25.1 Å². The summed E-state index contributed by atoms with van der Waals surface area (Å²) in [6, 6.07) is 0. The van der Waals surface area contributed by atoms with E-state index < -0.39 is 14.8 Å². The highest BCUT2D eigenvalue weighted by Gasteiger charge is 2.37. The van der Waals surface area contributed by atoms with Crippen LogP contribution in [0.1, 0.15) is 27.2 Å². The van der Waals surface area contributed by atoms with Crippen LogP contribution < -0.4 is 0 Å². The van der Waals surface area contributed by atoms with Gasteiger partial charge in [0.2, 0.25) is 10.0 Å². The van der Waals surface area contributed by atoms with E-state index in [2.05, 4.69) is 0 Å². The molecule has 66 valence electrons. The molecule has 0 N–H and O–H groups in total. The van der Waals surface area contributed by atoms with Crippen molar-refractivity contribution in [3.63, 3.8) is 0 Å². The second-order valence-electron chi connectivity index (χ2n) is 3.87. The quantitative estimate of drug-likeness (QED) is 0.594. The smallest absolute Gasteiger partial charge is 0.212 e. The highest BCUT2D eigenvalue weighted by atomic mass is 32.2. The summed E-state index contributed by atoms with van der Waals surface area (Å²) in [4.78, 5) is 0. The summed E-state index contributed by atoms with van der Waals surface area (Å²) in [6.45, 7) is 6.63. The van der Waals surface area contributed by atoms with Gasteiger partial charge in [-0.3, -0.25) is 0 Å². The van der Waals surface area contributed by atoms with Crippen molar-refractivity contribution in [2.75, 3.05) is 13.1 Å². The van der Waals surface area contributed by atoms with Crippen molar-refractivity contribution in [1.82, 2.24) is 4.31 Å². The van der Waals surface area contributed by atoms with E-state index in [-0.39, 0.29) is 0 Å². The highest BCUT2D eigenvalue weighted by Crippen LogP contribution is 2.24. The Hall–Kier alpha value is -0.0900. The monoisotopic (exact) mass is 177 g/mol. The van der Waals surface area contributed by atoms with Crippen LogP contribution in [0.3, 0.4) is 0 Å². The zero-order valence-corrected chi connectivity index (χ0v) is 8.11. The Morgan fingerprint density at radius 2 is 1.64 bits per heavy atom. The minimum atomic E-state index is -3.01. The number of nitrogens with zero attached hydrogens (tertiary/aromatic N) is 1. The first-order chi connectivity index (χ1) is 4.86. The lowest BCUT2D eigenvalue weighted by atomic mass is 10.3. The maximum absolute atomic E-state index is 11.6. The Labute approximate surface area is 68.4 Å². The van der Waals surface area contributed by atoms with Crippen LogP contribution in [0.5, 0.6) is 0 Å². The van der Waals surface area contributed by atoms with Gasteiger partial charge in [-0.05, 0) is 27.2 Å². The molecule has 0 spiro atoms. The largest absolute Gasteiger partial charge is 0.219 e. The molecule has 1 rings (SSSR count). The second kappa shape index (κ2) is 2.45. The minimum Gasteiger partial charge on any atom is -0.212 e. The van der Waals surface area contributed by atoms with Crippen LogP contribution in [0.15, 0.2) is 0 Å². The maximum atomic E-state index is 11.6. The van der Waals surface area contributed by atoms with Crippen LogP contribution >= 0.6 is 0 Å². The molecule has 0 aromatic carbocycles. The first-order valence-corrected chi connectivity index (χ1v) is 5.29. The summed E-state index contributed by atoms with van der Waals surface area (Å²) < 4.78 is 24.0. The van der Waals surface area contributed by atoms with Crippen molar-refractivity contribution < 1.29 is 8.42 Å². The standard InChI is InChI=1S/C7H15NO2S/c1-7(2,3)11(9,10)8-5-4-6-8/h4-6H2,1-3H3. The summed E-state index contributed by atoms with van der Waals surface area (Å²) in [6.07, 6.45) is 1.01. The molecule has 0 atom stereocenters. The fourth-order valence-corrected chi connectivity index (χ4v) is 2.43. The lowest BCUT2D eigenvalue weighted by Gasteiger charge is -2.35. The van der Waals surface area contributed by atoms with Gasteiger partial charge >= 0.3 is 0 Å². The molecule has 4 heteroatoms. The summed E-state index contributed by atoms with van der Waals surface area (Å²) in [5.41, 5.74) is 0. The third-order valence-electron chi connectivity index (χ3n) is 1.93. The van der Waals surface area contributed by atoms with Crippen molar-refractivity contribution >= 4 is 10.0 Å². The van der Waals surface area contributed by atoms with Gasteiger partial charge in [0.15, 0.2) is 0 Å². The third-order valence-corrected chi connectivity index (χ3v) is 4.52. The zero-order chi connectivity index (χ0) is 8.70. The first-order valence-electron chi connectivity index (χ1n) is 3.85. The first kappa shape index (κ1) is 9.00. The molecule has 0 aromatic rings. The Balaban J connectivity index is 2.82. The Morgan fingerprint density at radius 3 is 1.73 bits per heavy atom. The summed E-state index contributed by atoms with van der Waals surface area (Å²) in [5, 5.41) is 0. The second-order valence-corrected chi connectivity index (χ2v) is 6.56. The molecule has 0 bridgehead atoms. The van der Waals surface area contributed by atoms with Crippen molar-refractivity contribution in [2.45, 2.75) is 31.9 Å². The van der Waals surface area contributed by atoms with E-state index in [1.165, 1.54) is 0 Å². The van der Waals surface area contributed by atoms with Crippen LogP contribution in [0.2, 0.25) is 0 Å². The van der Waals surface area contributed by atoms with Gasteiger partial charge in [-0.1, -0.05) is 0 Å². The van der Waals surface area contributed by atoms with Crippen molar-refractivity contribution in [3.8, 4) is 0 Å². The molecule has 3 nitrogen and oxygen atoms in total. The number of rotatable bonds is 1. The molecule has 1 saturated heterocycles. The van der Waals surface area contributed by atoms with Gasteiger partial charge in [0, 0.05) is 13.1 Å². The van der Waals surface area contributed by atoms with Gasteiger partial charge in [0.25, 0.3) is 0 Å². The molecule has 1 heterocycles. The topological polar surface area (TPSA) is 37.4 Å². The summed E-state index contributed by atoms with van der Waals surface area (Å²) in [7, 11) is -3.01. The van der Waals surface area contributed by atoms with Crippen LogP contribution in [-0.2, 0) is 10.0 Å². The molecule has 0 radical (unpaired) electrons. The van der Waals surface area contributed by atoms with E-state index in [4.69, 9.17) is 0 Å². The van der Waals surface area contributed by atoms with Gasteiger partial charge in [0.05, 0.1) is 4.75 Å². The molecule has 0 saturated carbocycles. The molecule has 11 heavy (non-hydrogen) atoms. The van der Waals surface area contributed by atoms with Crippen LogP contribution in [0.4, 0.5) is 0 Å². The average Bonchev–Trinajstić information content (AvgIpc) is 1.53. The molecular weight excluding hydrogens is 162 g/mol. The molecule has 0 unspecified atom stereocenters. The number of sulfonamides is 1. The fourth-order valence-electron chi connectivity index (χ4n) is 0.915. The molecule has 1 aliphatic rings. The summed E-state index contributed by atoms with van der Waals surface area (Å²) in [5.74, 6) is 0. The molecular formula is C7H15NO2S. The van der Waals surface area contributed by atoms with Gasteiger partial charge in [-0.15, -0.1) is 0 Å². The Morgan fingerprint density at radius 1 is 1.18 bits per heavy atom. The van der Waals surface area contributed by atoms with Crippen molar-refractivity contribution in [2.24, 2.45) is 0 Å². The van der Waals surface area contributed by atoms with Gasteiger partial charge in [-0.2, -0.15) is 0 Å². The number of hydrogen-bond acceptors (Lipinski definition) is 2. The van der Waals surface area contributed by atoms with E-state index in [0.717, 1.165) is 6.42 Å². The lowest BCUT2D eigenvalue weighted by molar-refractivity contribution is 0.300. The Bertz CT molecular complexity index is 234. The lowest BCUT2D eigenvalue weighted by Crippen LogP contribution is -2.49. The maximum Gasteiger partial charge on any atom is 0.219 e. The molecule has 0 aliphatic carbocycles. The third kappa shape index (κ3) is 1.42.